The number of nitrogens with one attached hydrogen (secondary N) is 2. The lowest BCUT2D eigenvalue weighted by Crippen LogP contribution is -2.36. The van der Waals surface area contributed by atoms with Crippen LogP contribution in [-0.4, -0.2) is 37.7 Å². The highest BCUT2D eigenvalue weighted by Gasteiger charge is 2.09. The molecule has 0 spiro atoms. The van der Waals surface area contributed by atoms with Crippen molar-refractivity contribution in [2.24, 2.45) is 4.99 Å². The first kappa shape index (κ1) is 24.9. The van der Waals surface area contributed by atoms with Gasteiger partial charge in [0.15, 0.2) is 5.96 Å². The molecular formula is C20H28F2IN5O. The summed E-state index contributed by atoms with van der Waals surface area (Å²) in [5, 5.41) is 6.29. The number of aromatic nitrogens is 1. The summed E-state index contributed by atoms with van der Waals surface area (Å²) in [6.07, 6.45) is 1.83. The van der Waals surface area contributed by atoms with Gasteiger partial charge in [-0.1, -0.05) is 24.3 Å². The van der Waals surface area contributed by atoms with Gasteiger partial charge in [-0.15, -0.1) is 24.0 Å². The quantitative estimate of drug-likeness (QED) is 0.298. The maximum Gasteiger partial charge on any atom is 0.387 e. The number of aliphatic imine (C=N–C) groups is 1. The second kappa shape index (κ2) is 13.1. The highest BCUT2D eigenvalue weighted by molar-refractivity contribution is 14.0. The Morgan fingerprint density at radius 2 is 1.79 bits per heavy atom. The smallest absolute Gasteiger partial charge is 0.387 e. The molecule has 160 valence electrons. The topological polar surface area (TPSA) is 61.8 Å². The average Bonchev–Trinajstić information content (AvgIpc) is 2.70. The van der Waals surface area contributed by atoms with E-state index < -0.39 is 6.61 Å². The number of para-hydroxylation sites is 1. The van der Waals surface area contributed by atoms with Gasteiger partial charge in [0.2, 0.25) is 0 Å². The van der Waals surface area contributed by atoms with E-state index in [1.807, 2.05) is 18.3 Å². The van der Waals surface area contributed by atoms with Crippen molar-refractivity contribution in [2.75, 3.05) is 25.0 Å². The lowest BCUT2D eigenvalue weighted by atomic mass is 10.2. The summed E-state index contributed by atoms with van der Waals surface area (Å²) in [5.41, 5.74) is 1.64. The van der Waals surface area contributed by atoms with Gasteiger partial charge in [0.05, 0.1) is 0 Å². The third-order valence-electron chi connectivity index (χ3n) is 4.22. The first-order chi connectivity index (χ1) is 13.6. The Hall–Kier alpha value is -2.17. The van der Waals surface area contributed by atoms with Crippen LogP contribution < -0.4 is 20.3 Å². The highest BCUT2D eigenvalue weighted by Crippen LogP contribution is 2.19. The third-order valence-corrected chi connectivity index (χ3v) is 4.22. The minimum Gasteiger partial charge on any atom is -0.434 e. The van der Waals surface area contributed by atoms with E-state index in [9.17, 15) is 8.78 Å². The summed E-state index contributed by atoms with van der Waals surface area (Å²) in [6, 6.07) is 10.7. The van der Waals surface area contributed by atoms with Crippen LogP contribution in [0.1, 0.15) is 25.0 Å². The first-order valence-corrected chi connectivity index (χ1v) is 9.24. The molecule has 0 aliphatic carbocycles. The van der Waals surface area contributed by atoms with Gasteiger partial charge in [-0.05, 0) is 31.5 Å². The molecule has 0 fully saturated rings. The van der Waals surface area contributed by atoms with Gasteiger partial charge in [0, 0.05) is 45.0 Å². The van der Waals surface area contributed by atoms with Crippen LogP contribution in [0.3, 0.4) is 0 Å². The van der Waals surface area contributed by atoms with Crippen molar-refractivity contribution in [2.45, 2.75) is 33.5 Å². The Morgan fingerprint density at radius 1 is 1.10 bits per heavy atom. The van der Waals surface area contributed by atoms with Gasteiger partial charge in [-0.2, -0.15) is 8.78 Å². The van der Waals surface area contributed by atoms with E-state index in [1.54, 1.807) is 25.2 Å². The molecule has 9 heteroatoms. The van der Waals surface area contributed by atoms with Gasteiger partial charge < -0.3 is 20.3 Å². The zero-order valence-corrected chi connectivity index (χ0v) is 19.2. The fourth-order valence-electron chi connectivity index (χ4n) is 2.70. The van der Waals surface area contributed by atoms with Crippen LogP contribution >= 0.6 is 24.0 Å². The van der Waals surface area contributed by atoms with Crippen LogP contribution in [0, 0.1) is 0 Å². The second-order valence-electron chi connectivity index (χ2n) is 5.96. The normalized spacial score (nSPS) is 11.0. The van der Waals surface area contributed by atoms with E-state index >= 15 is 0 Å². The van der Waals surface area contributed by atoms with Gasteiger partial charge in [-0.3, -0.25) is 4.99 Å². The van der Waals surface area contributed by atoms with Crippen molar-refractivity contribution < 1.29 is 13.5 Å². The lowest BCUT2D eigenvalue weighted by molar-refractivity contribution is -0.0504. The molecule has 2 N–H and O–H groups in total. The molecule has 0 aliphatic rings. The number of anilines is 1. The first-order valence-electron chi connectivity index (χ1n) is 9.24. The van der Waals surface area contributed by atoms with Crippen LogP contribution in [0.4, 0.5) is 14.6 Å². The Balaban J connectivity index is 0.00000420. The number of pyridine rings is 1. The fraction of sp³-hybridized carbons (Fsp3) is 0.400. The summed E-state index contributed by atoms with van der Waals surface area (Å²) < 4.78 is 29.6. The summed E-state index contributed by atoms with van der Waals surface area (Å²) in [5.74, 6) is 1.66. The highest BCUT2D eigenvalue weighted by atomic mass is 127. The van der Waals surface area contributed by atoms with Crippen molar-refractivity contribution in [1.82, 2.24) is 15.6 Å². The summed E-state index contributed by atoms with van der Waals surface area (Å²) >= 11 is 0. The van der Waals surface area contributed by atoms with Gasteiger partial charge in [0.25, 0.3) is 0 Å². The molecular weight excluding hydrogens is 491 g/mol. The summed E-state index contributed by atoms with van der Waals surface area (Å²) in [4.78, 5) is 10.8. The zero-order valence-electron chi connectivity index (χ0n) is 16.9. The van der Waals surface area contributed by atoms with Crippen molar-refractivity contribution in [3.8, 4) is 5.75 Å². The number of nitrogens with zero attached hydrogens (tertiary/aromatic N) is 3. The predicted octanol–water partition coefficient (Wildman–Crippen LogP) is 4.01. The number of guanidine groups is 1. The van der Waals surface area contributed by atoms with Gasteiger partial charge >= 0.3 is 6.61 Å². The van der Waals surface area contributed by atoms with Crippen molar-refractivity contribution in [3.63, 3.8) is 0 Å². The standard InChI is InChI=1S/C20H27F2N5O.HI/c1-4-27(5-2)18-11-10-15(12-24-18)13-25-20(23-3)26-14-16-8-6-7-9-17(16)28-19(21)22;/h6-12,19H,4-5,13-14H2,1-3H3,(H2,23,25,26);1H. The second-order valence-corrected chi connectivity index (χ2v) is 5.96. The van der Waals surface area contributed by atoms with Crippen molar-refractivity contribution in [1.29, 1.82) is 0 Å². The maximum atomic E-state index is 12.5. The molecule has 0 saturated heterocycles. The van der Waals surface area contributed by atoms with Gasteiger partial charge in [0.1, 0.15) is 11.6 Å². The summed E-state index contributed by atoms with van der Waals surface area (Å²) in [7, 11) is 1.65. The molecule has 6 nitrogen and oxygen atoms in total. The number of rotatable bonds is 9. The Bertz CT molecular complexity index is 755. The molecule has 2 rings (SSSR count). The molecule has 0 atom stereocenters. The number of alkyl halides is 2. The number of hydrogen-bond acceptors (Lipinski definition) is 4. The molecule has 0 amide bonds. The van der Waals surface area contributed by atoms with E-state index in [0.29, 0.717) is 24.6 Å². The minimum absolute atomic E-state index is 0. The van der Waals surface area contributed by atoms with E-state index in [1.165, 1.54) is 6.07 Å². The molecule has 0 radical (unpaired) electrons. The van der Waals surface area contributed by atoms with Crippen molar-refractivity contribution in [3.05, 3.63) is 53.7 Å². The number of ether oxygens (including phenoxy) is 1. The van der Waals surface area contributed by atoms with Crippen LogP contribution in [-0.2, 0) is 13.1 Å². The number of benzene rings is 1. The molecule has 1 heterocycles. The van der Waals surface area contributed by atoms with Gasteiger partial charge in [-0.25, -0.2) is 4.98 Å². The molecule has 1 aromatic heterocycles. The van der Waals surface area contributed by atoms with Crippen molar-refractivity contribution >= 4 is 35.8 Å². The molecule has 29 heavy (non-hydrogen) atoms. The number of halogens is 3. The summed E-state index contributed by atoms with van der Waals surface area (Å²) in [6.45, 7) is 4.01. The minimum atomic E-state index is -2.86. The Kier molecular flexibility index (Phi) is 11.3. The molecule has 0 aliphatic heterocycles. The van der Waals surface area contributed by atoms with Crippen LogP contribution in [0.25, 0.3) is 0 Å². The molecule has 0 saturated carbocycles. The monoisotopic (exact) mass is 519 g/mol. The molecule has 2 aromatic rings. The zero-order chi connectivity index (χ0) is 20.4. The largest absolute Gasteiger partial charge is 0.434 e. The van der Waals surface area contributed by atoms with E-state index in [-0.39, 0.29) is 29.7 Å². The van der Waals surface area contributed by atoms with E-state index in [2.05, 4.69) is 44.1 Å². The van der Waals surface area contributed by atoms with E-state index in [4.69, 9.17) is 0 Å². The fourth-order valence-corrected chi connectivity index (χ4v) is 2.70. The van der Waals surface area contributed by atoms with Crippen LogP contribution in [0.15, 0.2) is 47.6 Å². The molecule has 0 unspecified atom stereocenters. The lowest BCUT2D eigenvalue weighted by Gasteiger charge is -2.19. The van der Waals surface area contributed by atoms with Crippen LogP contribution in [0.2, 0.25) is 0 Å². The maximum absolute atomic E-state index is 12.5. The van der Waals surface area contributed by atoms with Crippen LogP contribution in [0.5, 0.6) is 5.75 Å². The predicted molar refractivity (Wildman–Crippen MR) is 123 cm³/mol. The number of hydrogen-bond donors (Lipinski definition) is 2. The average molecular weight is 519 g/mol. The van der Waals surface area contributed by atoms with E-state index in [0.717, 1.165) is 24.5 Å². The third kappa shape index (κ3) is 8.00. The Morgan fingerprint density at radius 3 is 2.38 bits per heavy atom. The SMILES string of the molecule is CCN(CC)c1ccc(CNC(=NC)NCc2ccccc2OC(F)F)cn1.I. The molecule has 1 aromatic carbocycles. The Labute approximate surface area is 187 Å². The molecule has 0 bridgehead atoms.